The summed E-state index contributed by atoms with van der Waals surface area (Å²) in [7, 11) is 1.00. The van der Waals surface area contributed by atoms with Gasteiger partial charge in [0.25, 0.3) is 0 Å². The fraction of sp³-hybridized carbons (Fsp3) is 0.667. The zero-order valence-corrected chi connectivity index (χ0v) is 5.36. The molecule has 0 unspecified atom stereocenters. The van der Waals surface area contributed by atoms with Gasteiger partial charge in [0, 0.05) is 7.11 Å². The van der Waals surface area contributed by atoms with Crippen molar-refractivity contribution in [1.29, 1.82) is 0 Å². The molecule has 0 aliphatic carbocycles. The van der Waals surface area contributed by atoms with E-state index < -0.39 is 0 Å². The largest absolute Gasteiger partial charge is 0.400 e. The van der Waals surface area contributed by atoms with E-state index in [9.17, 15) is 0 Å². The molecule has 0 aliphatic rings. The van der Waals surface area contributed by atoms with Crippen molar-refractivity contribution in [1.82, 2.24) is 0 Å². The zero-order valence-electron chi connectivity index (χ0n) is 5.36. The summed E-state index contributed by atoms with van der Waals surface area (Å²) in [6.45, 7) is 7.80. The van der Waals surface area contributed by atoms with Gasteiger partial charge < -0.3 is 5.11 Å². The molecule has 0 bridgehead atoms. The van der Waals surface area contributed by atoms with Gasteiger partial charge in [0.15, 0.2) is 0 Å². The van der Waals surface area contributed by atoms with Crippen molar-refractivity contribution >= 4 is 0 Å². The molecule has 1 N–H and O–H groups in total. The molecule has 0 atom stereocenters. The lowest BCUT2D eigenvalue weighted by Crippen LogP contribution is -1.58. The van der Waals surface area contributed by atoms with E-state index in [-0.39, 0.29) is 0 Å². The van der Waals surface area contributed by atoms with Crippen LogP contribution in [-0.2, 0) is 0 Å². The van der Waals surface area contributed by atoms with Crippen LogP contribution in [0.4, 0.5) is 0 Å². The van der Waals surface area contributed by atoms with Gasteiger partial charge in [0.05, 0.1) is 0 Å². The zero-order chi connectivity index (χ0) is 6.28. The Morgan fingerprint density at radius 3 is 1.71 bits per heavy atom. The summed E-state index contributed by atoms with van der Waals surface area (Å²) >= 11 is 0. The molecule has 0 aromatic carbocycles. The predicted molar refractivity (Wildman–Crippen MR) is 33.2 cm³/mol. The van der Waals surface area contributed by atoms with Crippen LogP contribution in [0.15, 0.2) is 12.2 Å². The second-order valence-corrected chi connectivity index (χ2v) is 1.31. The van der Waals surface area contributed by atoms with E-state index in [1.807, 2.05) is 6.92 Å². The van der Waals surface area contributed by atoms with Crippen molar-refractivity contribution in [2.75, 3.05) is 7.11 Å². The summed E-state index contributed by atoms with van der Waals surface area (Å²) < 4.78 is 0. The Hall–Kier alpha value is -0.300. The van der Waals surface area contributed by atoms with Gasteiger partial charge in [0.1, 0.15) is 0 Å². The van der Waals surface area contributed by atoms with E-state index in [1.54, 1.807) is 0 Å². The van der Waals surface area contributed by atoms with E-state index in [0.29, 0.717) is 0 Å². The molecule has 0 radical (unpaired) electrons. The Morgan fingerprint density at radius 2 is 1.71 bits per heavy atom. The molecule has 0 amide bonds. The van der Waals surface area contributed by atoms with E-state index in [4.69, 9.17) is 5.11 Å². The number of hydrogen-bond acceptors (Lipinski definition) is 1. The number of allylic oxidation sites excluding steroid dienone is 1. The maximum absolute atomic E-state index is 7.00. The summed E-state index contributed by atoms with van der Waals surface area (Å²) in [5.41, 5.74) is 1.25. The van der Waals surface area contributed by atoms with Crippen molar-refractivity contribution in [2.45, 2.75) is 20.3 Å². The van der Waals surface area contributed by atoms with Gasteiger partial charge >= 0.3 is 0 Å². The van der Waals surface area contributed by atoms with Crippen molar-refractivity contribution in [3.63, 3.8) is 0 Å². The lowest BCUT2D eigenvalue weighted by molar-refractivity contribution is 0.399. The van der Waals surface area contributed by atoms with E-state index in [0.717, 1.165) is 13.5 Å². The quantitative estimate of drug-likeness (QED) is 0.498. The molecule has 0 heterocycles. The number of hydrogen-bond donors (Lipinski definition) is 1. The molecule has 1 heteroatoms. The lowest BCUT2D eigenvalue weighted by Gasteiger charge is -1.79. The molecule has 1 nitrogen and oxygen atoms in total. The number of rotatable bonds is 1. The molecule has 0 fully saturated rings. The first kappa shape index (κ1) is 9.85. The van der Waals surface area contributed by atoms with Gasteiger partial charge in [-0.05, 0) is 13.3 Å². The third-order valence-electron chi connectivity index (χ3n) is 0.604. The Bertz CT molecular complexity index is 39.4. The topological polar surface area (TPSA) is 20.2 Å². The Balaban J connectivity index is 0. The normalized spacial score (nSPS) is 6.29. The first-order chi connectivity index (χ1) is 3.27. The van der Waals surface area contributed by atoms with Crippen LogP contribution in [0.3, 0.4) is 0 Å². The van der Waals surface area contributed by atoms with Crippen LogP contribution in [0, 0.1) is 0 Å². The number of aliphatic hydroxyl groups is 1. The van der Waals surface area contributed by atoms with Crippen molar-refractivity contribution < 1.29 is 5.11 Å². The molecule has 0 rings (SSSR count). The maximum Gasteiger partial charge on any atom is 0.0319 e. The highest BCUT2D eigenvalue weighted by Gasteiger charge is 1.67. The molecule has 0 aromatic heterocycles. The average molecular weight is 102 g/mol. The molecular formula is C6H14O. The van der Waals surface area contributed by atoms with Crippen LogP contribution in [-0.4, -0.2) is 12.2 Å². The molecule has 44 valence electrons. The van der Waals surface area contributed by atoms with Crippen molar-refractivity contribution in [3.05, 3.63) is 12.2 Å². The predicted octanol–water partition coefficient (Wildman–Crippen LogP) is 1.58. The minimum absolute atomic E-state index is 1.00. The van der Waals surface area contributed by atoms with Gasteiger partial charge in [-0.25, -0.2) is 0 Å². The Labute approximate surface area is 45.7 Å². The summed E-state index contributed by atoms with van der Waals surface area (Å²) in [6.07, 6.45) is 1.11. The summed E-state index contributed by atoms with van der Waals surface area (Å²) in [4.78, 5) is 0. The van der Waals surface area contributed by atoms with E-state index in [2.05, 4.69) is 13.5 Å². The van der Waals surface area contributed by atoms with Crippen molar-refractivity contribution in [2.24, 2.45) is 0 Å². The standard InChI is InChI=1S/C5H10.CH4O/c1-4-5(2)3;1-2/h2,4H2,1,3H3;2H,1H3. The molecule has 7 heavy (non-hydrogen) atoms. The van der Waals surface area contributed by atoms with Crippen LogP contribution >= 0.6 is 0 Å². The molecular weight excluding hydrogens is 88.1 g/mol. The van der Waals surface area contributed by atoms with Gasteiger partial charge in [-0.3, -0.25) is 0 Å². The lowest BCUT2D eigenvalue weighted by atomic mass is 10.3. The van der Waals surface area contributed by atoms with Gasteiger partial charge in [0.2, 0.25) is 0 Å². The van der Waals surface area contributed by atoms with Gasteiger partial charge in [-0.2, -0.15) is 0 Å². The SMILES string of the molecule is C=C(C)CC.CO. The molecule has 0 saturated carbocycles. The maximum atomic E-state index is 7.00. The molecule has 0 saturated heterocycles. The highest BCUT2D eigenvalue weighted by atomic mass is 16.2. The third-order valence-corrected chi connectivity index (χ3v) is 0.604. The smallest absolute Gasteiger partial charge is 0.0319 e. The van der Waals surface area contributed by atoms with Crippen LogP contribution < -0.4 is 0 Å². The van der Waals surface area contributed by atoms with Crippen molar-refractivity contribution in [3.8, 4) is 0 Å². The van der Waals surface area contributed by atoms with Crippen LogP contribution in [0.1, 0.15) is 20.3 Å². The minimum atomic E-state index is 1.00. The number of aliphatic hydroxyl groups excluding tert-OH is 1. The van der Waals surface area contributed by atoms with Crippen LogP contribution in [0.5, 0.6) is 0 Å². The average Bonchev–Trinajstić information content (AvgIpc) is 1.73. The summed E-state index contributed by atoms with van der Waals surface area (Å²) in [5.74, 6) is 0. The highest BCUT2D eigenvalue weighted by Crippen LogP contribution is 1.88. The van der Waals surface area contributed by atoms with E-state index >= 15 is 0 Å². The fourth-order valence-electron chi connectivity index (χ4n) is 0. The first-order valence-corrected chi connectivity index (χ1v) is 2.36. The van der Waals surface area contributed by atoms with Gasteiger partial charge in [-0.15, -0.1) is 6.58 Å². The summed E-state index contributed by atoms with van der Waals surface area (Å²) in [6, 6.07) is 0. The minimum Gasteiger partial charge on any atom is -0.400 e. The Morgan fingerprint density at radius 1 is 1.57 bits per heavy atom. The second-order valence-electron chi connectivity index (χ2n) is 1.31. The van der Waals surface area contributed by atoms with E-state index in [1.165, 1.54) is 5.57 Å². The highest BCUT2D eigenvalue weighted by molar-refractivity contribution is 4.84. The second kappa shape index (κ2) is 9.20. The molecule has 0 spiro atoms. The molecule has 0 aliphatic heterocycles. The fourth-order valence-corrected chi connectivity index (χ4v) is 0. The summed E-state index contributed by atoms with van der Waals surface area (Å²) in [5, 5.41) is 7.00. The third kappa shape index (κ3) is 27.0. The van der Waals surface area contributed by atoms with Gasteiger partial charge in [-0.1, -0.05) is 12.5 Å². The molecule has 0 aromatic rings. The van der Waals surface area contributed by atoms with Crippen LogP contribution in [0.25, 0.3) is 0 Å². The Kier molecular flexibility index (Phi) is 12.9. The first-order valence-electron chi connectivity index (χ1n) is 2.36. The van der Waals surface area contributed by atoms with Crippen LogP contribution in [0.2, 0.25) is 0 Å². The monoisotopic (exact) mass is 102 g/mol.